The van der Waals surface area contributed by atoms with Crippen LogP contribution in [0.5, 0.6) is 17.2 Å². The van der Waals surface area contributed by atoms with Gasteiger partial charge in [-0.05, 0) is 73.4 Å². The molecule has 0 amide bonds. The van der Waals surface area contributed by atoms with Gasteiger partial charge in [-0.3, -0.25) is 0 Å². The Morgan fingerprint density at radius 2 is 1.23 bits per heavy atom. The van der Waals surface area contributed by atoms with Crippen molar-refractivity contribution in [2.75, 3.05) is 6.61 Å². The molecule has 35 heavy (non-hydrogen) atoms. The second kappa shape index (κ2) is 15.4. The van der Waals surface area contributed by atoms with Gasteiger partial charge in [-0.15, -0.1) is 6.58 Å². The van der Waals surface area contributed by atoms with E-state index in [1.54, 1.807) is 36.4 Å². The van der Waals surface area contributed by atoms with E-state index in [0.29, 0.717) is 24.5 Å². The number of unbranched alkanes of at least 4 members (excludes halogenated alkanes) is 7. The lowest BCUT2D eigenvalue weighted by Crippen LogP contribution is -2.08. The summed E-state index contributed by atoms with van der Waals surface area (Å²) in [5.74, 6) is 1.57. The zero-order valence-corrected chi connectivity index (χ0v) is 20.5. The van der Waals surface area contributed by atoms with Crippen molar-refractivity contribution < 1.29 is 19.0 Å². The van der Waals surface area contributed by atoms with E-state index in [-0.39, 0.29) is 0 Å². The summed E-state index contributed by atoms with van der Waals surface area (Å²) >= 11 is 0. The maximum absolute atomic E-state index is 12.5. The van der Waals surface area contributed by atoms with Crippen molar-refractivity contribution in [2.24, 2.45) is 0 Å². The normalized spacial score (nSPS) is 10.5. The Bertz CT molecular complexity index is 994. The van der Waals surface area contributed by atoms with Crippen LogP contribution in [0.2, 0.25) is 0 Å². The molecule has 0 heterocycles. The molecule has 0 aliphatic heterocycles. The highest BCUT2D eigenvalue weighted by Crippen LogP contribution is 2.21. The van der Waals surface area contributed by atoms with Gasteiger partial charge in [0, 0.05) is 0 Å². The third-order valence-electron chi connectivity index (χ3n) is 5.69. The first kappa shape index (κ1) is 26.1. The van der Waals surface area contributed by atoms with E-state index < -0.39 is 5.97 Å². The van der Waals surface area contributed by atoms with Gasteiger partial charge in [-0.25, -0.2) is 4.79 Å². The molecular formula is C31H36O4. The van der Waals surface area contributed by atoms with Crippen LogP contribution >= 0.6 is 0 Å². The van der Waals surface area contributed by atoms with E-state index in [4.69, 9.17) is 14.2 Å². The van der Waals surface area contributed by atoms with Crippen molar-refractivity contribution in [1.82, 2.24) is 0 Å². The van der Waals surface area contributed by atoms with Crippen LogP contribution in [0.4, 0.5) is 0 Å². The number of rotatable bonds is 16. The lowest BCUT2D eigenvalue weighted by molar-refractivity contribution is 0.0734. The topological polar surface area (TPSA) is 44.8 Å². The molecule has 3 aromatic carbocycles. The highest BCUT2D eigenvalue weighted by molar-refractivity contribution is 5.91. The summed E-state index contributed by atoms with van der Waals surface area (Å²) in [6.07, 6.45) is 11.7. The Morgan fingerprint density at radius 3 is 1.91 bits per heavy atom. The maximum atomic E-state index is 12.5. The Labute approximate surface area is 209 Å². The molecule has 0 unspecified atom stereocenters. The molecule has 3 rings (SSSR count). The molecule has 0 saturated carbocycles. The van der Waals surface area contributed by atoms with Gasteiger partial charge in [0.2, 0.25) is 0 Å². The SMILES string of the molecule is C=CCCCCCCCCCOc1ccc(C(=O)Oc2ccc(OCc3ccccc3)cc2)cc1. The van der Waals surface area contributed by atoms with Gasteiger partial charge < -0.3 is 14.2 Å². The van der Waals surface area contributed by atoms with Gasteiger partial charge >= 0.3 is 5.97 Å². The first-order valence-electron chi connectivity index (χ1n) is 12.6. The van der Waals surface area contributed by atoms with Crippen LogP contribution in [-0.4, -0.2) is 12.6 Å². The van der Waals surface area contributed by atoms with Gasteiger partial charge in [0.25, 0.3) is 0 Å². The van der Waals surface area contributed by atoms with Crippen LogP contribution in [0.25, 0.3) is 0 Å². The number of carbonyl (C=O) groups excluding carboxylic acids is 1. The van der Waals surface area contributed by atoms with Crippen molar-refractivity contribution >= 4 is 5.97 Å². The molecule has 0 atom stereocenters. The molecule has 0 N–H and O–H groups in total. The van der Waals surface area contributed by atoms with Crippen molar-refractivity contribution in [2.45, 2.75) is 58.0 Å². The van der Waals surface area contributed by atoms with Crippen LogP contribution in [0.15, 0.2) is 91.5 Å². The first-order chi connectivity index (χ1) is 17.2. The molecule has 0 aliphatic carbocycles. The number of allylic oxidation sites excluding steroid dienone is 1. The Kier molecular flexibility index (Phi) is 11.5. The van der Waals surface area contributed by atoms with E-state index in [1.165, 1.54) is 38.5 Å². The Balaban J connectivity index is 1.32. The van der Waals surface area contributed by atoms with Gasteiger partial charge in [0.05, 0.1) is 12.2 Å². The lowest BCUT2D eigenvalue weighted by atomic mass is 10.1. The molecular weight excluding hydrogens is 436 g/mol. The first-order valence-corrected chi connectivity index (χ1v) is 12.6. The highest BCUT2D eigenvalue weighted by Gasteiger charge is 2.09. The third-order valence-corrected chi connectivity index (χ3v) is 5.69. The predicted molar refractivity (Wildman–Crippen MR) is 141 cm³/mol. The second-order valence-electron chi connectivity index (χ2n) is 8.56. The van der Waals surface area contributed by atoms with Crippen LogP contribution in [0.1, 0.15) is 67.3 Å². The van der Waals surface area contributed by atoms with Crippen LogP contribution < -0.4 is 14.2 Å². The number of benzene rings is 3. The van der Waals surface area contributed by atoms with Gasteiger partial charge in [-0.1, -0.05) is 68.5 Å². The smallest absolute Gasteiger partial charge is 0.343 e. The van der Waals surface area contributed by atoms with Crippen LogP contribution in [0, 0.1) is 0 Å². The summed E-state index contributed by atoms with van der Waals surface area (Å²) in [5, 5.41) is 0. The lowest BCUT2D eigenvalue weighted by Gasteiger charge is -2.09. The van der Waals surface area contributed by atoms with Gasteiger partial charge in [0.1, 0.15) is 23.9 Å². The number of esters is 1. The average Bonchev–Trinajstić information content (AvgIpc) is 2.90. The fraction of sp³-hybridized carbons (Fsp3) is 0.323. The van der Waals surface area contributed by atoms with Crippen LogP contribution in [-0.2, 0) is 6.61 Å². The van der Waals surface area contributed by atoms with E-state index in [9.17, 15) is 4.79 Å². The number of carbonyl (C=O) groups is 1. The van der Waals surface area contributed by atoms with E-state index in [2.05, 4.69) is 6.58 Å². The molecule has 184 valence electrons. The molecule has 0 aromatic heterocycles. The molecule has 0 aliphatic rings. The molecule has 0 fully saturated rings. The minimum atomic E-state index is -0.400. The zero-order chi connectivity index (χ0) is 24.6. The molecule has 4 nitrogen and oxygen atoms in total. The summed E-state index contributed by atoms with van der Waals surface area (Å²) in [7, 11) is 0. The maximum Gasteiger partial charge on any atom is 0.343 e. The third kappa shape index (κ3) is 10.1. The quantitative estimate of drug-likeness (QED) is 0.0913. The molecule has 0 bridgehead atoms. The Morgan fingerprint density at radius 1 is 0.657 bits per heavy atom. The van der Waals surface area contributed by atoms with Gasteiger partial charge in [0.15, 0.2) is 0 Å². The Hall–Kier alpha value is -3.53. The number of hydrogen-bond acceptors (Lipinski definition) is 4. The van der Waals surface area contributed by atoms with E-state index in [0.717, 1.165) is 29.9 Å². The number of ether oxygens (including phenoxy) is 3. The molecule has 0 spiro atoms. The second-order valence-corrected chi connectivity index (χ2v) is 8.56. The van der Waals surface area contributed by atoms with Crippen molar-refractivity contribution in [3.05, 3.63) is 103 Å². The summed E-state index contributed by atoms with van der Waals surface area (Å²) in [6, 6.07) is 24.1. The van der Waals surface area contributed by atoms with E-state index >= 15 is 0 Å². The largest absolute Gasteiger partial charge is 0.494 e. The van der Waals surface area contributed by atoms with Gasteiger partial charge in [-0.2, -0.15) is 0 Å². The molecule has 4 heteroatoms. The summed E-state index contributed by atoms with van der Waals surface area (Å²) in [6.45, 7) is 4.94. The minimum absolute atomic E-state index is 0.400. The fourth-order valence-corrected chi connectivity index (χ4v) is 3.66. The summed E-state index contributed by atoms with van der Waals surface area (Å²) in [4.78, 5) is 12.5. The molecule has 0 saturated heterocycles. The molecule has 3 aromatic rings. The van der Waals surface area contributed by atoms with Crippen molar-refractivity contribution in [3.63, 3.8) is 0 Å². The average molecular weight is 473 g/mol. The van der Waals surface area contributed by atoms with Crippen molar-refractivity contribution in [1.29, 1.82) is 0 Å². The minimum Gasteiger partial charge on any atom is -0.494 e. The van der Waals surface area contributed by atoms with Crippen LogP contribution in [0.3, 0.4) is 0 Å². The number of hydrogen-bond donors (Lipinski definition) is 0. The predicted octanol–water partition coefficient (Wildman–Crippen LogP) is 8.17. The fourth-order valence-electron chi connectivity index (χ4n) is 3.66. The summed E-state index contributed by atoms with van der Waals surface area (Å²) in [5.41, 5.74) is 1.58. The highest BCUT2D eigenvalue weighted by atomic mass is 16.5. The summed E-state index contributed by atoms with van der Waals surface area (Å²) < 4.78 is 17.1. The molecule has 0 radical (unpaired) electrons. The monoisotopic (exact) mass is 472 g/mol. The zero-order valence-electron chi connectivity index (χ0n) is 20.5. The van der Waals surface area contributed by atoms with Crippen molar-refractivity contribution in [3.8, 4) is 17.2 Å². The van der Waals surface area contributed by atoms with E-state index in [1.807, 2.05) is 48.5 Å². The standard InChI is InChI=1S/C31H36O4/c1-2-3-4-5-6-7-8-9-13-24-33-28-18-16-27(17-19-28)31(32)35-30-22-20-29(21-23-30)34-25-26-14-11-10-12-15-26/h2,10-12,14-23H,1,3-9,13,24-25H2.